The number of halogens is 3. The molecule has 1 aromatic carbocycles. The molecule has 0 radical (unpaired) electrons. The third-order valence-electron chi connectivity index (χ3n) is 7.58. The van der Waals surface area contributed by atoms with Gasteiger partial charge in [-0.1, -0.05) is 12.1 Å². The van der Waals surface area contributed by atoms with Crippen molar-refractivity contribution in [1.29, 1.82) is 0 Å². The number of nitrogens with two attached hydrogens (primary N) is 2. The van der Waals surface area contributed by atoms with Gasteiger partial charge in [0, 0.05) is 26.4 Å². The van der Waals surface area contributed by atoms with E-state index < -0.39 is 59.3 Å². The predicted molar refractivity (Wildman–Crippen MR) is 128 cm³/mol. The summed E-state index contributed by atoms with van der Waals surface area (Å²) < 4.78 is 44.6. The number of rotatable bonds is 5. The lowest BCUT2D eigenvalue weighted by Gasteiger charge is -2.46. The lowest BCUT2D eigenvalue weighted by atomic mass is 9.85. The van der Waals surface area contributed by atoms with Gasteiger partial charge in [-0.15, -0.1) is 0 Å². The highest BCUT2D eigenvalue weighted by Gasteiger charge is 2.77. The van der Waals surface area contributed by atoms with E-state index in [1.54, 1.807) is 0 Å². The lowest BCUT2D eigenvalue weighted by molar-refractivity contribution is -0.522. The number of imide groups is 1. The molecule has 0 unspecified atom stereocenters. The monoisotopic (exact) mass is 569 g/mol. The van der Waals surface area contributed by atoms with Crippen LogP contribution in [-0.4, -0.2) is 105 Å². The number of ether oxygens (including phenoxy) is 1. The highest BCUT2D eigenvalue weighted by Crippen LogP contribution is 2.42. The molecule has 4 aliphatic rings. The molecule has 0 aliphatic carbocycles. The molecule has 4 atom stereocenters. The minimum atomic E-state index is -4.57. The Morgan fingerprint density at radius 2 is 1.95 bits per heavy atom. The Labute approximate surface area is 225 Å². The van der Waals surface area contributed by atoms with Crippen LogP contribution >= 0.6 is 0 Å². The number of amides is 3. The average molecular weight is 570 g/mol. The fraction of sp³-hybridized carbons (Fsp3) is 0.522. The molecule has 216 valence electrons. The van der Waals surface area contributed by atoms with Gasteiger partial charge in [-0.3, -0.25) is 30.1 Å². The molecule has 2 fully saturated rings. The zero-order valence-corrected chi connectivity index (χ0v) is 21.2. The van der Waals surface area contributed by atoms with E-state index in [0.717, 1.165) is 21.9 Å². The number of aliphatic hydroxyl groups is 2. The lowest BCUT2D eigenvalue weighted by Crippen LogP contribution is -2.90. The fourth-order valence-electron chi connectivity index (χ4n) is 5.67. The zero-order valence-electron chi connectivity index (χ0n) is 21.2. The molecule has 1 aromatic rings. The number of nitrogens with one attached hydrogen (secondary N) is 2. The fourth-order valence-corrected chi connectivity index (χ4v) is 5.67. The van der Waals surface area contributed by atoms with Crippen molar-refractivity contribution in [2.75, 3.05) is 20.1 Å². The largest absolute Gasteiger partial charge is 0.438 e. The Kier molecular flexibility index (Phi) is 6.33. The van der Waals surface area contributed by atoms with Crippen molar-refractivity contribution in [3.05, 3.63) is 35.4 Å². The summed E-state index contributed by atoms with van der Waals surface area (Å²) in [5.41, 5.74) is 9.52. The molecule has 2 saturated heterocycles. The Balaban J connectivity index is 1.36. The predicted octanol–water partition coefficient (Wildman–Crippen LogP) is -3.45. The van der Waals surface area contributed by atoms with Gasteiger partial charge < -0.3 is 25.6 Å². The van der Waals surface area contributed by atoms with E-state index in [0.29, 0.717) is 0 Å². The van der Waals surface area contributed by atoms with E-state index in [1.807, 2.05) is 0 Å². The van der Waals surface area contributed by atoms with Crippen LogP contribution in [0.25, 0.3) is 0 Å². The number of alkyl halides is 3. The van der Waals surface area contributed by atoms with Gasteiger partial charge in [0.05, 0.1) is 18.7 Å². The van der Waals surface area contributed by atoms with Crippen LogP contribution in [-0.2, 0) is 27.0 Å². The third-order valence-corrected chi connectivity index (χ3v) is 7.58. The number of nitrogens with zero attached hydrogens (tertiary/aromatic N) is 4. The van der Waals surface area contributed by atoms with E-state index in [-0.39, 0.29) is 50.0 Å². The van der Waals surface area contributed by atoms with Crippen LogP contribution < -0.4 is 21.8 Å². The van der Waals surface area contributed by atoms with Crippen molar-refractivity contribution in [3.63, 3.8) is 0 Å². The molecule has 0 saturated carbocycles. The third kappa shape index (κ3) is 4.25. The second kappa shape index (κ2) is 9.22. The quantitative estimate of drug-likeness (QED) is 0.153. The molecule has 4 aliphatic heterocycles. The first-order chi connectivity index (χ1) is 18.6. The number of hydrogen-bond acceptors (Lipinski definition) is 11. The summed E-state index contributed by atoms with van der Waals surface area (Å²) in [7, 11) is 1.28. The second-order valence-corrected chi connectivity index (χ2v) is 10.1. The van der Waals surface area contributed by atoms with E-state index >= 15 is 0 Å². The normalized spacial score (nSPS) is 29.0. The van der Waals surface area contributed by atoms with Gasteiger partial charge in [0.1, 0.15) is 6.04 Å². The Bertz CT molecular complexity index is 1300. The Morgan fingerprint density at radius 1 is 1.27 bits per heavy atom. The van der Waals surface area contributed by atoms with Crippen LogP contribution in [0.3, 0.4) is 0 Å². The Morgan fingerprint density at radius 3 is 2.60 bits per heavy atom. The van der Waals surface area contributed by atoms with Crippen LogP contribution in [0.2, 0.25) is 0 Å². The van der Waals surface area contributed by atoms with Crippen molar-refractivity contribution >= 4 is 29.8 Å². The SMILES string of the molecule is CN(Cc1cccc(C(F)(F)F)c1)C(=O)O[C@H]1CN2C(N)=N[C@@H](CN3C(=O)CCC3=O)[C@@H]3[NH+]=C(N)N[C@@]32C1(O)O. The number of likely N-dealkylation sites (tertiary alicyclic amines) is 1. The summed E-state index contributed by atoms with van der Waals surface area (Å²) in [6.45, 7) is -0.819. The molecule has 14 nitrogen and oxygen atoms in total. The second-order valence-electron chi connectivity index (χ2n) is 10.1. The highest BCUT2D eigenvalue weighted by molar-refractivity contribution is 6.02. The van der Waals surface area contributed by atoms with E-state index in [9.17, 15) is 37.8 Å². The van der Waals surface area contributed by atoms with Gasteiger partial charge in [0.25, 0.3) is 11.4 Å². The summed E-state index contributed by atoms with van der Waals surface area (Å²) in [4.78, 5) is 47.8. The molecular weight excluding hydrogens is 541 g/mol. The standard InChI is InChI=1S/C23H27F3N8O6/c1-32(8-11-3-2-4-12(7-11)23(24,25)26)20(37)40-14-10-34-19(28)29-13(9-33-15(35)5-6-16(33)36)17-21(34,22(14,38)39)31-18(27)30-17/h2-4,7,13-14,17,38-39H,5-6,8-10H2,1H3,(H2,28,29)(H3,27,30,31)/p+1/t13-,14-,17-,21-/m0/s1. The zero-order chi connectivity index (χ0) is 29.2. The van der Waals surface area contributed by atoms with Crippen molar-refractivity contribution in [2.24, 2.45) is 16.5 Å². The topological polar surface area (TPSA) is 201 Å². The number of aliphatic imine (C=N–C) groups is 1. The van der Waals surface area contributed by atoms with Gasteiger partial charge in [-0.25, -0.2) is 15.1 Å². The van der Waals surface area contributed by atoms with Gasteiger partial charge in [-0.2, -0.15) is 13.2 Å². The average Bonchev–Trinajstić information content (AvgIpc) is 3.46. The highest BCUT2D eigenvalue weighted by atomic mass is 19.4. The van der Waals surface area contributed by atoms with Crippen LogP contribution in [0.15, 0.2) is 29.3 Å². The van der Waals surface area contributed by atoms with Crippen LogP contribution in [0.1, 0.15) is 24.0 Å². The number of carbonyl (C=O) groups is 3. The minimum absolute atomic E-state index is 0.0443. The maximum absolute atomic E-state index is 13.1. The maximum atomic E-state index is 13.1. The van der Waals surface area contributed by atoms with Crippen molar-refractivity contribution in [1.82, 2.24) is 20.0 Å². The van der Waals surface area contributed by atoms with Crippen molar-refractivity contribution in [3.8, 4) is 0 Å². The van der Waals surface area contributed by atoms with E-state index in [2.05, 4.69) is 15.3 Å². The van der Waals surface area contributed by atoms with E-state index in [4.69, 9.17) is 16.2 Å². The van der Waals surface area contributed by atoms with Gasteiger partial charge >= 0.3 is 18.2 Å². The first-order valence-corrected chi connectivity index (χ1v) is 12.3. The molecule has 8 N–H and O–H groups in total. The summed E-state index contributed by atoms with van der Waals surface area (Å²) in [6, 6.07) is 2.42. The molecule has 0 aromatic heterocycles. The number of carbonyl (C=O) groups excluding carboxylic acids is 3. The summed E-state index contributed by atoms with van der Waals surface area (Å²) in [5, 5.41) is 25.6. The first kappa shape index (κ1) is 27.4. The molecule has 4 heterocycles. The van der Waals surface area contributed by atoms with Crippen LogP contribution in [0.4, 0.5) is 18.0 Å². The summed E-state index contributed by atoms with van der Waals surface area (Å²) in [6.07, 6.45) is -7.16. The smallest absolute Gasteiger partial charge is 0.416 e. The summed E-state index contributed by atoms with van der Waals surface area (Å²) in [5.74, 6) is -3.92. The molecule has 40 heavy (non-hydrogen) atoms. The molecule has 0 bridgehead atoms. The van der Waals surface area contributed by atoms with Gasteiger partial charge in [0.2, 0.25) is 11.8 Å². The first-order valence-electron chi connectivity index (χ1n) is 12.3. The van der Waals surface area contributed by atoms with Gasteiger partial charge in [0.15, 0.2) is 18.1 Å². The molecule has 3 amide bonds. The molecular formula is C23H28F3N8O6+. The van der Waals surface area contributed by atoms with Crippen molar-refractivity contribution in [2.45, 2.75) is 55.2 Å². The molecule has 5 rings (SSSR count). The van der Waals surface area contributed by atoms with Gasteiger partial charge in [-0.05, 0) is 17.7 Å². The maximum Gasteiger partial charge on any atom is 0.416 e. The summed E-state index contributed by atoms with van der Waals surface area (Å²) >= 11 is 0. The number of hydrogen-bond donors (Lipinski definition) is 6. The van der Waals surface area contributed by atoms with E-state index in [1.165, 1.54) is 24.1 Å². The molecule has 17 heteroatoms. The van der Waals surface area contributed by atoms with Crippen LogP contribution in [0.5, 0.6) is 0 Å². The van der Waals surface area contributed by atoms with Crippen LogP contribution in [0, 0.1) is 0 Å². The Hall–Kier alpha value is -4.12. The number of benzene rings is 1. The number of guanidine groups is 2. The minimum Gasteiger partial charge on any atom is -0.438 e. The van der Waals surface area contributed by atoms with Crippen molar-refractivity contribution < 1.29 is 47.5 Å². The molecule has 1 spiro atoms.